The minimum Gasteiger partial charge on any atom is -0.508 e. The summed E-state index contributed by atoms with van der Waals surface area (Å²) in [6.45, 7) is 5.96. The number of carbonyl (C=O) groups is 2. The van der Waals surface area contributed by atoms with E-state index in [1.54, 1.807) is 25.8 Å². The van der Waals surface area contributed by atoms with E-state index in [1.165, 1.54) is 24.7 Å². The molecule has 1 heterocycles. The first kappa shape index (κ1) is 27.6. The number of aryl methyl sites for hydroxylation is 2. The molecule has 9 nitrogen and oxygen atoms in total. The Morgan fingerprint density at radius 3 is 2.39 bits per heavy atom. The Labute approximate surface area is 213 Å². The average Bonchev–Trinajstić information content (AvgIpc) is 3.23. The van der Waals surface area contributed by atoms with Gasteiger partial charge in [0.1, 0.15) is 5.75 Å². The Bertz CT molecular complexity index is 1160. The van der Waals surface area contributed by atoms with Gasteiger partial charge in [-0.1, -0.05) is 30.3 Å². The van der Waals surface area contributed by atoms with Crippen LogP contribution in [0.15, 0.2) is 47.4 Å². The average molecular weight is 517 g/mol. The van der Waals surface area contributed by atoms with Crippen molar-refractivity contribution in [3.05, 3.63) is 59.2 Å². The van der Waals surface area contributed by atoms with E-state index in [9.17, 15) is 23.1 Å². The minimum absolute atomic E-state index is 0.0199. The third-order valence-electron chi connectivity index (χ3n) is 6.49. The molecule has 10 heteroatoms. The number of nitrogens with one attached hydrogen (secondary N) is 1. The number of sulfonamides is 1. The second-order valence-corrected chi connectivity index (χ2v) is 11.6. The summed E-state index contributed by atoms with van der Waals surface area (Å²) < 4.78 is 26.9. The number of phenols is 1. The molecule has 1 saturated heterocycles. The smallest absolute Gasteiger partial charge is 0.243 e. The predicted octanol–water partition coefficient (Wildman–Crippen LogP) is 1.73. The lowest BCUT2D eigenvalue weighted by atomic mass is 10.1. The number of carbonyl (C=O) groups excluding carboxylic acids is 2. The fourth-order valence-corrected chi connectivity index (χ4v) is 6.21. The number of likely N-dealkylation sites (tertiary alicyclic amines) is 1. The van der Waals surface area contributed by atoms with Crippen LogP contribution in [0.4, 0.5) is 0 Å². The Morgan fingerprint density at radius 2 is 1.75 bits per heavy atom. The molecule has 0 aromatic heterocycles. The monoisotopic (exact) mass is 516 g/mol. The number of phenolic OH excluding ortho intramolecular Hbond substituents is 1. The normalized spacial score (nSPS) is 16.3. The molecule has 1 aliphatic rings. The lowest BCUT2D eigenvalue weighted by molar-refractivity contribution is -0.132. The van der Waals surface area contributed by atoms with Gasteiger partial charge in [-0.25, -0.2) is 8.42 Å². The number of amides is 2. The van der Waals surface area contributed by atoms with Crippen molar-refractivity contribution in [2.45, 2.75) is 31.7 Å². The summed E-state index contributed by atoms with van der Waals surface area (Å²) in [6.07, 6.45) is 1.01. The number of nitrogens with zero attached hydrogens (tertiary/aromatic N) is 3. The van der Waals surface area contributed by atoms with Crippen molar-refractivity contribution in [2.24, 2.45) is 5.92 Å². The molecule has 196 valence electrons. The van der Waals surface area contributed by atoms with Crippen molar-refractivity contribution < 1.29 is 23.1 Å². The second-order valence-electron chi connectivity index (χ2n) is 9.60. The van der Waals surface area contributed by atoms with Crippen molar-refractivity contribution in [1.29, 1.82) is 0 Å². The van der Waals surface area contributed by atoms with Crippen LogP contribution < -0.4 is 5.32 Å². The van der Waals surface area contributed by atoms with E-state index in [0.29, 0.717) is 23.6 Å². The molecule has 0 radical (unpaired) electrons. The van der Waals surface area contributed by atoms with Gasteiger partial charge in [0.05, 0.1) is 18.0 Å². The van der Waals surface area contributed by atoms with E-state index in [-0.39, 0.29) is 23.1 Å². The predicted molar refractivity (Wildman–Crippen MR) is 138 cm³/mol. The summed E-state index contributed by atoms with van der Waals surface area (Å²) in [7, 11) is -0.910. The summed E-state index contributed by atoms with van der Waals surface area (Å²) in [4.78, 5) is 29.1. The highest BCUT2D eigenvalue weighted by Gasteiger charge is 2.28. The quantitative estimate of drug-likeness (QED) is 0.498. The highest BCUT2D eigenvalue weighted by Crippen LogP contribution is 2.27. The Hall–Kier alpha value is -2.95. The fourth-order valence-electron chi connectivity index (χ4n) is 4.68. The molecule has 1 unspecified atom stereocenters. The number of likely N-dealkylation sites (N-methyl/N-ethyl adjacent to an activating group) is 2. The lowest BCUT2D eigenvalue weighted by Gasteiger charge is -2.23. The molecule has 3 rings (SSSR count). The van der Waals surface area contributed by atoms with Gasteiger partial charge < -0.3 is 15.3 Å². The molecule has 2 aromatic rings. The van der Waals surface area contributed by atoms with Crippen molar-refractivity contribution in [1.82, 2.24) is 19.4 Å². The van der Waals surface area contributed by atoms with Crippen LogP contribution in [0.25, 0.3) is 0 Å². The highest BCUT2D eigenvalue weighted by atomic mass is 32.2. The van der Waals surface area contributed by atoms with Gasteiger partial charge in [-0.3, -0.25) is 14.5 Å². The SMILES string of the molecule is Cc1cc(O)cc(C)c1S(=O)(=O)N(C)CC(=O)NCC(=O)N(C)CC1CCN(Cc2ccccc2)C1. The van der Waals surface area contributed by atoms with Gasteiger partial charge in [-0.05, 0) is 61.6 Å². The molecule has 2 aromatic carbocycles. The van der Waals surface area contributed by atoms with Crippen molar-refractivity contribution in [3.63, 3.8) is 0 Å². The molecule has 2 amide bonds. The molecular formula is C26H36N4O5S. The summed E-state index contributed by atoms with van der Waals surface area (Å²) in [5, 5.41) is 12.2. The number of hydrogen-bond donors (Lipinski definition) is 2. The van der Waals surface area contributed by atoms with Crippen LogP contribution in [0.3, 0.4) is 0 Å². The van der Waals surface area contributed by atoms with Crippen LogP contribution in [0.5, 0.6) is 5.75 Å². The highest BCUT2D eigenvalue weighted by molar-refractivity contribution is 7.89. The van der Waals surface area contributed by atoms with E-state index in [4.69, 9.17) is 0 Å². The van der Waals surface area contributed by atoms with Crippen LogP contribution in [0.2, 0.25) is 0 Å². The first-order valence-corrected chi connectivity index (χ1v) is 13.4. The summed E-state index contributed by atoms with van der Waals surface area (Å²) >= 11 is 0. The second kappa shape index (κ2) is 11.9. The zero-order valence-electron chi connectivity index (χ0n) is 21.4. The van der Waals surface area contributed by atoms with Crippen molar-refractivity contribution >= 4 is 21.8 Å². The van der Waals surface area contributed by atoms with Crippen LogP contribution in [-0.2, 0) is 26.2 Å². The van der Waals surface area contributed by atoms with Crippen LogP contribution >= 0.6 is 0 Å². The summed E-state index contributed by atoms with van der Waals surface area (Å²) in [5.74, 6) is -0.438. The zero-order valence-corrected chi connectivity index (χ0v) is 22.2. The fraction of sp³-hybridized carbons (Fsp3) is 0.462. The van der Waals surface area contributed by atoms with Crippen molar-refractivity contribution in [2.75, 3.05) is 46.8 Å². The van der Waals surface area contributed by atoms with Gasteiger partial charge in [-0.15, -0.1) is 0 Å². The molecule has 1 atom stereocenters. The number of benzene rings is 2. The Kier molecular flexibility index (Phi) is 9.10. The zero-order chi connectivity index (χ0) is 26.5. The molecule has 0 spiro atoms. The summed E-state index contributed by atoms with van der Waals surface area (Å²) in [6, 6.07) is 13.0. The largest absolute Gasteiger partial charge is 0.508 e. The molecule has 36 heavy (non-hydrogen) atoms. The molecule has 0 bridgehead atoms. The van der Waals surface area contributed by atoms with Gasteiger partial charge >= 0.3 is 0 Å². The standard InChI is InChI=1S/C26H36N4O5S/c1-19-12-23(31)13-20(2)26(19)36(34,35)29(4)18-24(32)27-14-25(33)28(3)15-22-10-11-30(17-22)16-21-8-6-5-7-9-21/h5-9,12-13,22,31H,10-11,14-18H2,1-4H3,(H,27,32). The Balaban J connectivity index is 1.45. The van der Waals surface area contributed by atoms with Gasteiger partial charge in [0.25, 0.3) is 0 Å². The number of rotatable bonds is 10. The third-order valence-corrected chi connectivity index (χ3v) is 8.60. The molecule has 1 fully saturated rings. The molecule has 2 N–H and O–H groups in total. The van der Waals surface area contributed by atoms with E-state index in [2.05, 4.69) is 22.3 Å². The number of aromatic hydroxyl groups is 1. The van der Waals surface area contributed by atoms with Crippen LogP contribution in [0.1, 0.15) is 23.1 Å². The minimum atomic E-state index is -3.95. The van der Waals surface area contributed by atoms with Gasteiger partial charge in [0.15, 0.2) is 0 Å². The maximum atomic E-state index is 13.0. The third kappa shape index (κ3) is 7.05. The van der Waals surface area contributed by atoms with E-state index in [1.807, 2.05) is 18.2 Å². The first-order chi connectivity index (χ1) is 17.0. The molecule has 0 aliphatic carbocycles. The maximum Gasteiger partial charge on any atom is 0.243 e. The first-order valence-electron chi connectivity index (χ1n) is 12.0. The van der Waals surface area contributed by atoms with Gasteiger partial charge in [0, 0.05) is 33.7 Å². The molecule has 0 saturated carbocycles. The van der Waals surface area contributed by atoms with E-state index < -0.39 is 22.5 Å². The topological polar surface area (TPSA) is 110 Å². The Morgan fingerprint density at radius 1 is 1.11 bits per heavy atom. The van der Waals surface area contributed by atoms with Crippen LogP contribution in [0, 0.1) is 19.8 Å². The van der Waals surface area contributed by atoms with Crippen molar-refractivity contribution in [3.8, 4) is 5.75 Å². The number of hydrogen-bond acceptors (Lipinski definition) is 6. The molecular weight excluding hydrogens is 480 g/mol. The lowest BCUT2D eigenvalue weighted by Crippen LogP contribution is -2.44. The van der Waals surface area contributed by atoms with Gasteiger partial charge in [-0.2, -0.15) is 4.31 Å². The molecule has 1 aliphatic heterocycles. The van der Waals surface area contributed by atoms with E-state index >= 15 is 0 Å². The van der Waals surface area contributed by atoms with E-state index in [0.717, 1.165) is 30.4 Å². The van der Waals surface area contributed by atoms with Gasteiger partial charge in [0.2, 0.25) is 21.8 Å². The maximum absolute atomic E-state index is 13.0. The summed E-state index contributed by atoms with van der Waals surface area (Å²) in [5.41, 5.74) is 2.06. The van der Waals surface area contributed by atoms with Crippen LogP contribution in [-0.4, -0.2) is 86.3 Å².